The Morgan fingerprint density at radius 2 is 1.67 bits per heavy atom. The first-order chi connectivity index (χ1) is 11.4. The van der Waals surface area contributed by atoms with Crippen molar-refractivity contribution < 1.29 is 4.79 Å². The predicted molar refractivity (Wildman–Crippen MR) is 102 cm³/mol. The molecule has 2 aromatic rings. The van der Waals surface area contributed by atoms with E-state index in [2.05, 4.69) is 69.4 Å². The Labute approximate surface area is 145 Å². The van der Waals surface area contributed by atoms with Crippen molar-refractivity contribution in [2.24, 2.45) is 0 Å². The second-order valence-corrected chi connectivity index (χ2v) is 7.26. The van der Waals surface area contributed by atoms with Gasteiger partial charge < -0.3 is 5.32 Å². The van der Waals surface area contributed by atoms with Gasteiger partial charge in [-0.05, 0) is 34.1 Å². The van der Waals surface area contributed by atoms with E-state index in [4.69, 9.17) is 0 Å². The molecule has 0 bridgehead atoms. The molecule has 1 atom stereocenters. The van der Waals surface area contributed by atoms with Crippen LogP contribution < -0.4 is 5.32 Å². The molecule has 0 heterocycles. The predicted octanol–water partition coefficient (Wildman–Crippen LogP) is 4.92. The lowest BCUT2D eigenvalue weighted by Gasteiger charge is -2.18. The highest BCUT2D eigenvalue weighted by Crippen LogP contribution is 2.22. The summed E-state index contributed by atoms with van der Waals surface area (Å²) in [7, 11) is 0. The fourth-order valence-electron chi connectivity index (χ4n) is 2.48. The zero-order valence-electron chi connectivity index (χ0n) is 15.0. The monoisotopic (exact) mass is 321 g/mol. The summed E-state index contributed by atoms with van der Waals surface area (Å²) in [5.41, 5.74) is 3.71. The Hall–Kier alpha value is -2.35. The van der Waals surface area contributed by atoms with Crippen LogP contribution in [0.1, 0.15) is 50.3 Å². The number of rotatable bonds is 5. The molecule has 0 radical (unpaired) electrons. The van der Waals surface area contributed by atoms with Gasteiger partial charge in [0.15, 0.2) is 0 Å². The molecule has 0 saturated heterocycles. The number of amides is 1. The number of hydrogen-bond acceptors (Lipinski definition) is 1. The lowest BCUT2D eigenvalue weighted by atomic mass is 9.87. The summed E-state index contributed by atoms with van der Waals surface area (Å²) in [4.78, 5) is 12.0. The molecule has 2 aromatic carbocycles. The maximum absolute atomic E-state index is 12.0. The molecule has 0 aromatic heterocycles. The standard InChI is InChI=1S/C22H27NO/c1-17(19-8-6-5-7-9-19)16-23-21(24)15-12-18-10-13-20(14-11-18)22(2,3)4/h5-15,17H,16H2,1-4H3,(H,23,24)/b15-12+/t17-/m1/s1. The van der Waals surface area contributed by atoms with Gasteiger partial charge in [-0.1, -0.05) is 82.3 Å². The Balaban J connectivity index is 1.87. The third-order valence-electron chi connectivity index (χ3n) is 4.15. The van der Waals surface area contributed by atoms with Crippen LogP contribution in [-0.2, 0) is 10.2 Å². The molecular weight excluding hydrogens is 294 g/mol. The van der Waals surface area contributed by atoms with Crippen LogP contribution in [0.2, 0.25) is 0 Å². The minimum absolute atomic E-state index is 0.0577. The maximum Gasteiger partial charge on any atom is 0.244 e. The van der Waals surface area contributed by atoms with E-state index < -0.39 is 0 Å². The summed E-state index contributed by atoms with van der Waals surface area (Å²) >= 11 is 0. The SMILES string of the molecule is C[C@H](CNC(=O)/C=C/c1ccc(C(C)(C)C)cc1)c1ccccc1. The van der Waals surface area contributed by atoms with Crippen LogP contribution in [0.4, 0.5) is 0 Å². The zero-order chi connectivity index (χ0) is 17.6. The molecule has 2 nitrogen and oxygen atoms in total. The zero-order valence-corrected chi connectivity index (χ0v) is 15.0. The molecule has 0 fully saturated rings. The van der Waals surface area contributed by atoms with E-state index >= 15 is 0 Å². The second kappa shape index (κ2) is 7.96. The van der Waals surface area contributed by atoms with Crippen molar-refractivity contribution in [3.05, 3.63) is 77.4 Å². The normalized spacial score (nSPS) is 13.0. The Bertz CT molecular complexity index is 678. The summed E-state index contributed by atoms with van der Waals surface area (Å²) in [6.45, 7) is 9.33. The number of hydrogen-bond donors (Lipinski definition) is 1. The van der Waals surface area contributed by atoms with E-state index in [0.717, 1.165) is 5.56 Å². The summed E-state index contributed by atoms with van der Waals surface area (Å²) in [6, 6.07) is 18.6. The largest absolute Gasteiger partial charge is 0.352 e. The quantitative estimate of drug-likeness (QED) is 0.778. The van der Waals surface area contributed by atoms with E-state index in [-0.39, 0.29) is 11.3 Å². The molecule has 0 aliphatic rings. The van der Waals surface area contributed by atoms with Crippen LogP contribution in [0.15, 0.2) is 60.7 Å². The first-order valence-corrected chi connectivity index (χ1v) is 8.47. The molecule has 24 heavy (non-hydrogen) atoms. The van der Waals surface area contributed by atoms with Gasteiger partial charge in [0.05, 0.1) is 0 Å². The average molecular weight is 321 g/mol. The van der Waals surface area contributed by atoms with Gasteiger partial charge in [0, 0.05) is 12.6 Å². The topological polar surface area (TPSA) is 29.1 Å². The molecular formula is C22H27NO. The van der Waals surface area contributed by atoms with Gasteiger partial charge in [-0.3, -0.25) is 4.79 Å². The van der Waals surface area contributed by atoms with Crippen LogP contribution in [0.25, 0.3) is 6.08 Å². The van der Waals surface area contributed by atoms with Gasteiger partial charge in [0.2, 0.25) is 5.91 Å². The van der Waals surface area contributed by atoms with E-state index in [1.807, 2.05) is 24.3 Å². The fourth-order valence-corrected chi connectivity index (χ4v) is 2.48. The first kappa shape index (κ1) is 18.0. The van der Waals surface area contributed by atoms with Gasteiger partial charge in [0.1, 0.15) is 0 Å². The molecule has 0 spiro atoms. The molecule has 0 aliphatic heterocycles. The summed E-state index contributed by atoms with van der Waals surface area (Å²) in [5.74, 6) is 0.243. The second-order valence-electron chi connectivity index (χ2n) is 7.26. The van der Waals surface area contributed by atoms with Crippen LogP contribution in [0.3, 0.4) is 0 Å². The van der Waals surface area contributed by atoms with E-state index in [1.54, 1.807) is 6.08 Å². The van der Waals surface area contributed by atoms with Crippen LogP contribution in [0, 0.1) is 0 Å². The van der Waals surface area contributed by atoms with Crippen molar-refractivity contribution in [1.82, 2.24) is 5.32 Å². The van der Waals surface area contributed by atoms with Crippen LogP contribution >= 0.6 is 0 Å². The Kier molecular flexibility index (Phi) is 5.97. The highest BCUT2D eigenvalue weighted by molar-refractivity contribution is 5.91. The summed E-state index contributed by atoms with van der Waals surface area (Å²) in [5, 5.41) is 2.96. The van der Waals surface area contributed by atoms with Gasteiger partial charge >= 0.3 is 0 Å². The number of carbonyl (C=O) groups excluding carboxylic acids is 1. The lowest BCUT2D eigenvalue weighted by molar-refractivity contribution is -0.116. The van der Waals surface area contributed by atoms with Gasteiger partial charge in [-0.25, -0.2) is 0 Å². The van der Waals surface area contributed by atoms with Crippen molar-refractivity contribution in [3.63, 3.8) is 0 Å². The van der Waals surface area contributed by atoms with E-state index in [0.29, 0.717) is 12.5 Å². The molecule has 0 saturated carbocycles. The van der Waals surface area contributed by atoms with Crippen LogP contribution in [0.5, 0.6) is 0 Å². The lowest BCUT2D eigenvalue weighted by Crippen LogP contribution is -2.25. The molecule has 1 amide bonds. The summed E-state index contributed by atoms with van der Waals surface area (Å²) in [6.07, 6.45) is 3.46. The Morgan fingerprint density at radius 1 is 1.04 bits per heavy atom. The summed E-state index contributed by atoms with van der Waals surface area (Å²) < 4.78 is 0. The Morgan fingerprint density at radius 3 is 2.25 bits per heavy atom. The van der Waals surface area contributed by atoms with Gasteiger partial charge in [-0.2, -0.15) is 0 Å². The van der Waals surface area contributed by atoms with Crippen LogP contribution in [-0.4, -0.2) is 12.5 Å². The highest BCUT2D eigenvalue weighted by Gasteiger charge is 2.12. The van der Waals surface area contributed by atoms with Crippen molar-refractivity contribution in [2.75, 3.05) is 6.54 Å². The third kappa shape index (κ3) is 5.38. The average Bonchev–Trinajstić information content (AvgIpc) is 2.58. The minimum atomic E-state index is -0.0577. The van der Waals surface area contributed by atoms with E-state index in [9.17, 15) is 4.79 Å². The van der Waals surface area contributed by atoms with Crippen molar-refractivity contribution in [3.8, 4) is 0 Å². The first-order valence-electron chi connectivity index (χ1n) is 8.47. The third-order valence-corrected chi connectivity index (χ3v) is 4.15. The van der Waals surface area contributed by atoms with Crippen molar-refractivity contribution >= 4 is 12.0 Å². The molecule has 0 aliphatic carbocycles. The van der Waals surface area contributed by atoms with Gasteiger partial charge in [-0.15, -0.1) is 0 Å². The number of carbonyl (C=O) groups is 1. The number of benzene rings is 2. The molecule has 2 rings (SSSR count). The molecule has 126 valence electrons. The number of nitrogens with one attached hydrogen (secondary N) is 1. The smallest absolute Gasteiger partial charge is 0.244 e. The minimum Gasteiger partial charge on any atom is -0.352 e. The van der Waals surface area contributed by atoms with E-state index in [1.165, 1.54) is 11.1 Å². The van der Waals surface area contributed by atoms with Crippen molar-refractivity contribution in [1.29, 1.82) is 0 Å². The molecule has 1 N–H and O–H groups in total. The fraction of sp³-hybridized carbons (Fsp3) is 0.318. The molecule has 0 unspecified atom stereocenters. The molecule has 2 heteroatoms. The van der Waals surface area contributed by atoms with Gasteiger partial charge in [0.25, 0.3) is 0 Å². The maximum atomic E-state index is 12.0. The highest BCUT2D eigenvalue weighted by atomic mass is 16.1. The van der Waals surface area contributed by atoms with Crippen molar-refractivity contribution in [2.45, 2.75) is 39.0 Å².